The average molecular weight is 284 g/mol. The largest absolute Gasteiger partial charge is 0.313 e. The molecule has 0 radical (unpaired) electrons. The first kappa shape index (κ1) is 17.9. The van der Waals surface area contributed by atoms with E-state index in [1.807, 2.05) is 0 Å². The van der Waals surface area contributed by atoms with E-state index in [2.05, 4.69) is 62.8 Å². The Kier molecular flexibility index (Phi) is 6.92. The summed E-state index contributed by atoms with van der Waals surface area (Å²) in [5.41, 5.74) is 0.367. The summed E-state index contributed by atoms with van der Waals surface area (Å²) in [7, 11) is 0. The molecule has 1 aliphatic heterocycles. The van der Waals surface area contributed by atoms with Gasteiger partial charge >= 0.3 is 0 Å². The van der Waals surface area contributed by atoms with Gasteiger partial charge < -0.3 is 21.3 Å². The van der Waals surface area contributed by atoms with Crippen molar-refractivity contribution in [1.82, 2.24) is 21.3 Å². The Morgan fingerprint density at radius 2 is 1.00 bits per heavy atom. The van der Waals surface area contributed by atoms with Crippen LogP contribution >= 0.6 is 0 Å². The molecule has 0 aromatic carbocycles. The molecule has 120 valence electrons. The van der Waals surface area contributed by atoms with Gasteiger partial charge in [-0.1, -0.05) is 0 Å². The summed E-state index contributed by atoms with van der Waals surface area (Å²) in [6.45, 7) is 17.8. The van der Waals surface area contributed by atoms with E-state index in [1.54, 1.807) is 0 Å². The zero-order chi connectivity index (χ0) is 15.2. The number of hydrogen-bond acceptors (Lipinski definition) is 4. The molecule has 0 aromatic heterocycles. The summed E-state index contributed by atoms with van der Waals surface area (Å²) < 4.78 is 0. The highest BCUT2D eigenvalue weighted by atomic mass is 15.1. The normalized spacial score (nSPS) is 33.3. The Labute approximate surface area is 125 Å². The predicted molar refractivity (Wildman–Crippen MR) is 88.3 cm³/mol. The number of nitrogens with one attached hydrogen (secondary N) is 4. The molecule has 1 saturated heterocycles. The molecule has 0 aliphatic carbocycles. The van der Waals surface area contributed by atoms with Crippen LogP contribution in [0.2, 0.25) is 0 Å². The molecule has 0 bridgehead atoms. The summed E-state index contributed by atoms with van der Waals surface area (Å²) in [6.07, 6.45) is 2.29. The lowest BCUT2D eigenvalue weighted by molar-refractivity contribution is 0.281. The predicted octanol–water partition coefficient (Wildman–Crippen LogP) is 1.47. The monoisotopic (exact) mass is 284 g/mol. The van der Waals surface area contributed by atoms with Crippen LogP contribution in [0.15, 0.2) is 0 Å². The Balaban J connectivity index is 2.56. The van der Waals surface area contributed by atoms with Crippen molar-refractivity contribution >= 4 is 0 Å². The van der Waals surface area contributed by atoms with Gasteiger partial charge in [-0.15, -0.1) is 0 Å². The topological polar surface area (TPSA) is 48.1 Å². The highest BCUT2D eigenvalue weighted by Crippen LogP contribution is 2.13. The molecule has 1 rings (SSSR count). The molecule has 0 aromatic rings. The zero-order valence-electron chi connectivity index (χ0n) is 14.4. The fraction of sp³-hybridized carbons (Fsp3) is 1.00. The van der Waals surface area contributed by atoms with Crippen molar-refractivity contribution in [1.29, 1.82) is 0 Å². The first-order valence-corrected chi connectivity index (χ1v) is 8.17. The van der Waals surface area contributed by atoms with Gasteiger partial charge in [-0.25, -0.2) is 0 Å². The van der Waals surface area contributed by atoms with Crippen LogP contribution in [-0.4, -0.2) is 49.3 Å². The van der Waals surface area contributed by atoms with Crippen molar-refractivity contribution in [3.8, 4) is 0 Å². The van der Waals surface area contributed by atoms with E-state index in [1.165, 1.54) is 0 Å². The van der Waals surface area contributed by atoms with Crippen LogP contribution in [0.3, 0.4) is 0 Å². The van der Waals surface area contributed by atoms with Crippen molar-refractivity contribution in [2.45, 2.75) is 77.5 Å². The lowest BCUT2D eigenvalue weighted by Crippen LogP contribution is -2.52. The van der Waals surface area contributed by atoms with Crippen molar-refractivity contribution in [3.63, 3.8) is 0 Å². The van der Waals surface area contributed by atoms with E-state index < -0.39 is 0 Å². The van der Waals surface area contributed by atoms with Crippen LogP contribution in [0.4, 0.5) is 0 Å². The van der Waals surface area contributed by atoms with Gasteiger partial charge in [-0.3, -0.25) is 0 Å². The first-order valence-electron chi connectivity index (χ1n) is 8.17. The molecule has 20 heavy (non-hydrogen) atoms. The molecule has 1 fully saturated rings. The molecule has 4 N–H and O–H groups in total. The Hall–Kier alpha value is -0.160. The highest BCUT2D eigenvalue weighted by molar-refractivity contribution is 4.86. The van der Waals surface area contributed by atoms with E-state index in [0.29, 0.717) is 12.1 Å². The standard InChI is InChI=1S/C16H36N4/c1-13-11-15(3,4)19-9-10-20-16(5,6)12-14(2)18-8-7-17-13/h13-14,17-20H,7-12H2,1-6H3/t13-,14+. The minimum absolute atomic E-state index is 0.184. The van der Waals surface area contributed by atoms with Crippen molar-refractivity contribution in [2.24, 2.45) is 0 Å². The summed E-state index contributed by atoms with van der Waals surface area (Å²) in [5, 5.41) is 14.6. The molecule has 0 amide bonds. The quantitative estimate of drug-likeness (QED) is 0.544. The third-order valence-electron chi connectivity index (χ3n) is 4.08. The van der Waals surface area contributed by atoms with Gasteiger partial charge in [0.15, 0.2) is 0 Å². The smallest absolute Gasteiger partial charge is 0.0140 e. The van der Waals surface area contributed by atoms with Crippen molar-refractivity contribution in [3.05, 3.63) is 0 Å². The third kappa shape index (κ3) is 7.58. The van der Waals surface area contributed by atoms with Gasteiger partial charge in [-0.2, -0.15) is 0 Å². The van der Waals surface area contributed by atoms with E-state index >= 15 is 0 Å². The minimum Gasteiger partial charge on any atom is -0.313 e. The SMILES string of the molecule is C[C@@H]1CC(C)(C)NCCNC(C)(C)C[C@H](C)NCCN1. The molecule has 1 aliphatic rings. The summed E-state index contributed by atoms with van der Waals surface area (Å²) in [5.74, 6) is 0. The average Bonchev–Trinajstić information content (AvgIpc) is 2.28. The van der Waals surface area contributed by atoms with Gasteiger partial charge in [0, 0.05) is 49.3 Å². The number of hydrogen-bond donors (Lipinski definition) is 4. The van der Waals surface area contributed by atoms with Crippen LogP contribution in [0.25, 0.3) is 0 Å². The lowest BCUT2D eigenvalue weighted by Gasteiger charge is -2.34. The second kappa shape index (κ2) is 7.74. The minimum atomic E-state index is 0.184. The molecule has 4 nitrogen and oxygen atoms in total. The van der Waals surface area contributed by atoms with Crippen LogP contribution in [0.5, 0.6) is 0 Å². The molecule has 0 unspecified atom stereocenters. The van der Waals surface area contributed by atoms with Gasteiger partial charge in [-0.05, 0) is 54.4 Å². The molecular weight excluding hydrogens is 248 g/mol. The fourth-order valence-corrected chi connectivity index (χ4v) is 3.26. The van der Waals surface area contributed by atoms with Gasteiger partial charge in [0.1, 0.15) is 0 Å². The van der Waals surface area contributed by atoms with Crippen LogP contribution < -0.4 is 21.3 Å². The molecular formula is C16H36N4. The summed E-state index contributed by atoms with van der Waals surface area (Å²) >= 11 is 0. The Morgan fingerprint density at radius 3 is 1.35 bits per heavy atom. The van der Waals surface area contributed by atoms with Crippen LogP contribution in [-0.2, 0) is 0 Å². The Morgan fingerprint density at radius 1 is 0.650 bits per heavy atom. The lowest BCUT2D eigenvalue weighted by atomic mass is 9.94. The maximum absolute atomic E-state index is 3.67. The molecule has 4 heteroatoms. The molecule has 0 spiro atoms. The van der Waals surface area contributed by atoms with Gasteiger partial charge in [0.05, 0.1) is 0 Å². The molecule has 2 atom stereocenters. The summed E-state index contributed by atoms with van der Waals surface area (Å²) in [4.78, 5) is 0. The van der Waals surface area contributed by atoms with E-state index in [0.717, 1.165) is 39.0 Å². The van der Waals surface area contributed by atoms with Crippen LogP contribution in [0, 0.1) is 0 Å². The molecule has 0 saturated carbocycles. The van der Waals surface area contributed by atoms with Crippen molar-refractivity contribution in [2.75, 3.05) is 26.2 Å². The highest BCUT2D eigenvalue weighted by Gasteiger charge is 2.23. The van der Waals surface area contributed by atoms with E-state index in [-0.39, 0.29) is 11.1 Å². The maximum Gasteiger partial charge on any atom is 0.0140 e. The maximum atomic E-state index is 3.67. The van der Waals surface area contributed by atoms with E-state index in [9.17, 15) is 0 Å². The van der Waals surface area contributed by atoms with Crippen LogP contribution in [0.1, 0.15) is 54.4 Å². The van der Waals surface area contributed by atoms with Gasteiger partial charge in [0.25, 0.3) is 0 Å². The molecule has 1 heterocycles. The van der Waals surface area contributed by atoms with Gasteiger partial charge in [0.2, 0.25) is 0 Å². The van der Waals surface area contributed by atoms with Crippen molar-refractivity contribution < 1.29 is 0 Å². The second-order valence-electron chi connectivity index (χ2n) is 7.74. The zero-order valence-corrected chi connectivity index (χ0v) is 14.4. The van der Waals surface area contributed by atoms with E-state index in [4.69, 9.17) is 0 Å². The first-order chi connectivity index (χ1) is 9.20. The summed E-state index contributed by atoms with van der Waals surface area (Å²) in [6, 6.07) is 1.09. The Bertz CT molecular complexity index is 248. The number of rotatable bonds is 0. The third-order valence-corrected chi connectivity index (χ3v) is 4.08. The second-order valence-corrected chi connectivity index (χ2v) is 7.74. The fourth-order valence-electron chi connectivity index (χ4n) is 3.26.